The van der Waals surface area contributed by atoms with Gasteiger partial charge in [0, 0.05) is 55.5 Å². The molecule has 6 rings (SSSR count). The Labute approximate surface area is 290 Å². The normalized spacial score (nSPS) is 16.8. The number of carbonyl (C=O) groups excluding carboxylic acids is 2. The van der Waals surface area contributed by atoms with Crippen molar-refractivity contribution in [1.82, 2.24) is 29.3 Å². The van der Waals surface area contributed by atoms with E-state index in [9.17, 15) is 23.6 Å². The fourth-order valence-corrected chi connectivity index (χ4v) is 7.13. The molecule has 0 atom stereocenters. The van der Waals surface area contributed by atoms with Crippen molar-refractivity contribution < 1.29 is 14.0 Å². The number of imidazole rings is 1. The van der Waals surface area contributed by atoms with Crippen LogP contribution in [0.5, 0.6) is 0 Å². The van der Waals surface area contributed by atoms with E-state index in [2.05, 4.69) is 43.2 Å². The van der Waals surface area contributed by atoms with Gasteiger partial charge in [-0.1, -0.05) is 51.3 Å². The summed E-state index contributed by atoms with van der Waals surface area (Å²) in [5.41, 5.74) is 1.90. The number of hydrogen-bond acceptors (Lipinski definition) is 6. The van der Waals surface area contributed by atoms with Crippen molar-refractivity contribution in [2.45, 2.75) is 64.8 Å². The van der Waals surface area contributed by atoms with Crippen LogP contribution in [0.1, 0.15) is 91.2 Å². The van der Waals surface area contributed by atoms with Crippen LogP contribution in [-0.4, -0.2) is 73.7 Å². The summed E-state index contributed by atoms with van der Waals surface area (Å²) in [4.78, 5) is 66.5. The van der Waals surface area contributed by atoms with Gasteiger partial charge in [-0.2, -0.15) is 0 Å². The standard InChI is InChI=1S/C39H45FN6O4/c1-26(2)35-32(41-25-46(35)17-7-16-44-18-20-45(21-19-44)39(50)29-9-4-3-5-10-29)24-34-38(49)42-33(37(48)43-34)23-27-8-6-11-30(22-27)36(47)28-12-14-31(40)15-13-28/h6,8,11-15,22-26,29H,3-5,7,9-10,16-21H2,1-2H3,(H,42,49)(H,43,48)/b33-23-,34-24-. The molecule has 1 saturated heterocycles. The predicted molar refractivity (Wildman–Crippen MR) is 191 cm³/mol. The van der Waals surface area contributed by atoms with Crippen molar-refractivity contribution in [3.05, 3.63) is 120 Å². The summed E-state index contributed by atoms with van der Waals surface area (Å²) in [6.45, 7) is 9.21. The largest absolute Gasteiger partial charge is 0.340 e. The van der Waals surface area contributed by atoms with Gasteiger partial charge in [0.1, 0.15) is 16.5 Å². The van der Waals surface area contributed by atoms with Crippen LogP contribution in [0.25, 0.3) is 12.2 Å². The quantitative estimate of drug-likeness (QED) is 0.247. The van der Waals surface area contributed by atoms with E-state index in [-0.39, 0.29) is 28.3 Å². The van der Waals surface area contributed by atoms with E-state index in [1.807, 2.05) is 0 Å². The molecule has 50 heavy (non-hydrogen) atoms. The average molecular weight is 681 g/mol. The Balaban J connectivity index is 1.12. The van der Waals surface area contributed by atoms with Gasteiger partial charge in [0.05, 0.1) is 12.0 Å². The summed E-state index contributed by atoms with van der Waals surface area (Å²) >= 11 is 0. The second kappa shape index (κ2) is 15.8. The number of aryl methyl sites for hydroxylation is 1. The number of aromatic nitrogens is 4. The summed E-state index contributed by atoms with van der Waals surface area (Å²) in [5.74, 6) is -0.0150. The first-order valence-electron chi connectivity index (χ1n) is 17.7. The van der Waals surface area contributed by atoms with E-state index in [0.717, 1.165) is 64.2 Å². The number of benzene rings is 2. The fourth-order valence-electron chi connectivity index (χ4n) is 7.13. The Morgan fingerprint density at radius 3 is 2.24 bits per heavy atom. The second-order valence-electron chi connectivity index (χ2n) is 13.7. The number of nitrogens with one attached hydrogen (secondary N) is 2. The van der Waals surface area contributed by atoms with Gasteiger partial charge in [-0.3, -0.25) is 24.1 Å². The molecule has 1 aliphatic heterocycles. The van der Waals surface area contributed by atoms with Crippen LogP contribution < -0.4 is 21.8 Å². The molecule has 0 spiro atoms. The maximum atomic E-state index is 13.3. The minimum atomic E-state index is -0.489. The number of H-pyrrole nitrogens is 2. The summed E-state index contributed by atoms with van der Waals surface area (Å²) in [7, 11) is 0. The maximum Gasteiger partial charge on any atom is 0.272 e. The zero-order chi connectivity index (χ0) is 35.2. The van der Waals surface area contributed by atoms with Gasteiger partial charge >= 0.3 is 0 Å². The molecule has 0 unspecified atom stereocenters. The highest BCUT2D eigenvalue weighted by atomic mass is 19.1. The number of carbonyl (C=O) groups is 2. The molecule has 2 N–H and O–H groups in total. The highest BCUT2D eigenvalue weighted by molar-refractivity contribution is 6.09. The van der Waals surface area contributed by atoms with Crippen molar-refractivity contribution in [1.29, 1.82) is 0 Å². The lowest BCUT2D eigenvalue weighted by Gasteiger charge is -2.37. The lowest BCUT2D eigenvalue weighted by molar-refractivity contribution is -0.138. The van der Waals surface area contributed by atoms with E-state index >= 15 is 0 Å². The van der Waals surface area contributed by atoms with Crippen LogP contribution in [0, 0.1) is 11.7 Å². The molecule has 3 heterocycles. The molecule has 1 amide bonds. The molecule has 2 aliphatic rings. The number of nitrogens with zero attached hydrogens (tertiary/aromatic N) is 4. The lowest BCUT2D eigenvalue weighted by atomic mass is 9.88. The first kappa shape index (κ1) is 34.9. The molecule has 0 radical (unpaired) electrons. The number of amides is 1. The van der Waals surface area contributed by atoms with E-state index < -0.39 is 16.9 Å². The van der Waals surface area contributed by atoms with Crippen LogP contribution >= 0.6 is 0 Å². The Morgan fingerprint density at radius 2 is 1.56 bits per heavy atom. The topological polar surface area (TPSA) is 124 Å². The van der Waals surface area contributed by atoms with Gasteiger partial charge in [0.15, 0.2) is 5.78 Å². The van der Waals surface area contributed by atoms with Crippen molar-refractivity contribution in [3.8, 4) is 0 Å². The maximum absolute atomic E-state index is 13.3. The van der Waals surface area contributed by atoms with Gasteiger partial charge in [0.2, 0.25) is 5.91 Å². The molecule has 2 fully saturated rings. The fraction of sp³-hybridized carbons (Fsp3) is 0.410. The third-order valence-corrected chi connectivity index (χ3v) is 9.80. The Hall–Kier alpha value is -4.90. The second-order valence-corrected chi connectivity index (χ2v) is 13.7. The molecule has 1 aliphatic carbocycles. The highest BCUT2D eigenvalue weighted by Crippen LogP contribution is 2.26. The van der Waals surface area contributed by atoms with Crippen molar-refractivity contribution in [2.75, 3.05) is 32.7 Å². The molecule has 10 nitrogen and oxygen atoms in total. The van der Waals surface area contributed by atoms with Gasteiger partial charge in [0.25, 0.3) is 11.1 Å². The van der Waals surface area contributed by atoms with Gasteiger partial charge in [-0.05, 0) is 79.8 Å². The molecular formula is C39H45FN6O4. The summed E-state index contributed by atoms with van der Waals surface area (Å²) in [6.07, 6.45) is 11.5. The van der Waals surface area contributed by atoms with Crippen LogP contribution in [0.15, 0.2) is 64.4 Å². The first-order valence-corrected chi connectivity index (χ1v) is 17.7. The highest BCUT2D eigenvalue weighted by Gasteiger charge is 2.28. The van der Waals surface area contributed by atoms with Crippen LogP contribution in [0.2, 0.25) is 0 Å². The number of halogens is 1. The van der Waals surface area contributed by atoms with Crippen molar-refractivity contribution in [3.63, 3.8) is 0 Å². The average Bonchev–Trinajstić information content (AvgIpc) is 3.53. The number of rotatable bonds is 10. The van der Waals surface area contributed by atoms with Gasteiger partial charge in [-0.25, -0.2) is 9.37 Å². The SMILES string of the molecule is CC(C)c1c(/C=c2\[nH]c(=O)/c(=C/c3cccc(C(=O)c4ccc(F)cc4)c3)[nH]c2=O)ncn1CCCN1CCN(C(=O)C2CCCCC2)CC1. The lowest BCUT2D eigenvalue weighted by Crippen LogP contribution is -2.50. The van der Waals surface area contributed by atoms with Crippen molar-refractivity contribution in [2.24, 2.45) is 5.92 Å². The smallest absolute Gasteiger partial charge is 0.272 e. The van der Waals surface area contributed by atoms with Gasteiger partial charge in [-0.15, -0.1) is 0 Å². The zero-order valence-corrected chi connectivity index (χ0v) is 28.8. The van der Waals surface area contributed by atoms with Crippen molar-refractivity contribution >= 4 is 23.8 Å². The van der Waals surface area contributed by atoms with Crippen LogP contribution in [0.4, 0.5) is 4.39 Å². The monoisotopic (exact) mass is 680 g/mol. The Bertz CT molecular complexity index is 2070. The minimum Gasteiger partial charge on any atom is -0.340 e. The Kier molecular flexibility index (Phi) is 11.0. The summed E-state index contributed by atoms with van der Waals surface area (Å²) in [5, 5.41) is 0.146. The predicted octanol–water partition coefficient (Wildman–Crippen LogP) is 3.53. The minimum absolute atomic E-state index is 0.0485. The zero-order valence-electron chi connectivity index (χ0n) is 28.8. The number of aromatic amines is 2. The molecule has 2 aromatic carbocycles. The summed E-state index contributed by atoms with van der Waals surface area (Å²) < 4.78 is 15.4. The third-order valence-electron chi connectivity index (χ3n) is 9.80. The number of hydrogen-bond donors (Lipinski definition) is 2. The van der Waals surface area contributed by atoms with E-state index in [0.29, 0.717) is 28.3 Å². The van der Waals surface area contributed by atoms with Crippen LogP contribution in [-0.2, 0) is 11.3 Å². The van der Waals surface area contributed by atoms with E-state index in [4.69, 9.17) is 0 Å². The van der Waals surface area contributed by atoms with E-state index in [1.54, 1.807) is 36.7 Å². The molecule has 11 heteroatoms. The summed E-state index contributed by atoms with van der Waals surface area (Å²) in [6, 6.07) is 12.0. The Morgan fingerprint density at radius 1 is 0.880 bits per heavy atom. The third kappa shape index (κ3) is 8.27. The molecular weight excluding hydrogens is 635 g/mol. The number of ketones is 1. The molecule has 1 saturated carbocycles. The number of piperazine rings is 1. The molecule has 2 aromatic heterocycles. The van der Waals surface area contributed by atoms with Crippen LogP contribution in [0.3, 0.4) is 0 Å². The molecule has 0 bridgehead atoms. The van der Waals surface area contributed by atoms with E-state index in [1.165, 1.54) is 49.6 Å². The van der Waals surface area contributed by atoms with Gasteiger partial charge < -0.3 is 19.4 Å². The molecule has 262 valence electrons. The molecule has 4 aromatic rings. The first-order chi connectivity index (χ1) is 24.2.